The van der Waals surface area contributed by atoms with Gasteiger partial charge in [0.15, 0.2) is 0 Å². The largest absolute Gasteiger partial charge is 0.496 e. The number of primary amides is 1. The molecule has 0 atom stereocenters. The maximum Gasteiger partial charge on any atom is 0.252 e. The number of carbonyl (C=O) groups excluding carboxylic acids is 1. The molecule has 1 aromatic rings. The fourth-order valence-corrected chi connectivity index (χ4v) is 2.29. The number of halogens is 1. The van der Waals surface area contributed by atoms with Crippen LogP contribution in [0.3, 0.4) is 0 Å². The number of carbonyl (C=O) groups is 1. The van der Waals surface area contributed by atoms with Crippen LogP contribution in [0.4, 0.5) is 0 Å². The summed E-state index contributed by atoms with van der Waals surface area (Å²) < 4.78 is 11.0. The molecule has 1 aromatic carbocycles. The van der Waals surface area contributed by atoms with Gasteiger partial charge in [-0.2, -0.15) is 0 Å². The van der Waals surface area contributed by atoms with E-state index in [1.165, 1.54) is 13.2 Å². The lowest BCUT2D eigenvalue weighted by Gasteiger charge is -2.24. The van der Waals surface area contributed by atoms with Crippen LogP contribution in [0.25, 0.3) is 0 Å². The van der Waals surface area contributed by atoms with Crippen LogP contribution in [0.5, 0.6) is 11.5 Å². The number of rotatable bonds is 4. The minimum atomic E-state index is -0.577. The number of piperidine rings is 1. The molecule has 1 amide bonds. The van der Waals surface area contributed by atoms with E-state index in [0.29, 0.717) is 16.5 Å². The molecule has 0 bridgehead atoms. The van der Waals surface area contributed by atoms with Gasteiger partial charge in [-0.15, -0.1) is 0 Å². The normalized spacial score (nSPS) is 16.1. The first-order valence-electron chi connectivity index (χ1n) is 6.16. The van der Waals surface area contributed by atoms with Gasteiger partial charge in [0.2, 0.25) is 0 Å². The topological polar surface area (TPSA) is 73.6 Å². The van der Waals surface area contributed by atoms with E-state index in [1.807, 2.05) is 0 Å². The Labute approximate surface area is 117 Å². The van der Waals surface area contributed by atoms with Crippen molar-refractivity contribution in [3.05, 3.63) is 22.7 Å². The molecule has 1 aliphatic heterocycles. The Kier molecular flexibility index (Phi) is 4.50. The Morgan fingerprint density at radius 3 is 2.63 bits per heavy atom. The third-order valence-electron chi connectivity index (χ3n) is 3.10. The molecule has 6 heteroatoms. The highest BCUT2D eigenvalue weighted by Crippen LogP contribution is 2.33. The quantitative estimate of drug-likeness (QED) is 0.880. The highest BCUT2D eigenvalue weighted by molar-refractivity contribution is 6.32. The molecule has 0 radical (unpaired) electrons. The molecular formula is C13H17ClN2O3. The number of amides is 1. The van der Waals surface area contributed by atoms with Gasteiger partial charge in [-0.25, -0.2) is 0 Å². The van der Waals surface area contributed by atoms with Crippen LogP contribution in [0.1, 0.15) is 23.2 Å². The molecule has 0 aliphatic carbocycles. The van der Waals surface area contributed by atoms with Crippen molar-refractivity contribution in [2.45, 2.75) is 18.9 Å². The van der Waals surface area contributed by atoms with Crippen molar-refractivity contribution in [2.75, 3.05) is 20.2 Å². The van der Waals surface area contributed by atoms with Crippen LogP contribution < -0.4 is 20.5 Å². The summed E-state index contributed by atoms with van der Waals surface area (Å²) in [5.41, 5.74) is 5.52. The first kappa shape index (κ1) is 14.0. The summed E-state index contributed by atoms with van der Waals surface area (Å²) in [6, 6.07) is 3.10. The predicted octanol–water partition coefficient (Wildman–Crippen LogP) is 1.58. The third-order valence-corrected chi connectivity index (χ3v) is 3.39. The summed E-state index contributed by atoms with van der Waals surface area (Å²) in [6.45, 7) is 1.86. The maximum absolute atomic E-state index is 11.3. The van der Waals surface area contributed by atoms with E-state index < -0.39 is 5.91 Å². The third kappa shape index (κ3) is 3.30. The maximum atomic E-state index is 11.3. The van der Waals surface area contributed by atoms with E-state index in [0.717, 1.165) is 25.9 Å². The Hall–Kier alpha value is -1.46. The molecule has 2 rings (SSSR count). The summed E-state index contributed by atoms with van der Waals surface area (Å²) in [5, 5.41) is 3.63. The molecule has 1 heterocycles. The van der Waals surface area contributed by atoms with Crippen LogP contribution >= 0.6 is 11.6 Å². The summed E-state index contributed by atoms with van der Waals surface area (Å²) in [4.78, 5) is 11.3. The van der Waals surface area contributed by atoms with Gasteiger partial charge in [-0.3, -0.25) is 4.79 Å². The zero-order valence-corrected chi connectivity index (χ0v) is 11.5. The fourth-order valence-electron chi connectivity index (χ4n) is 2.08. The number of methoxy groups -OCH3 is 1. The first-order chi connectivity index (χ1) is 9.11. The van der Waals surface area contributed by atoms with E-state index in [1.54, 1.807) is 6.07 Å². The molecule has 0 aromatic heterocycles. The van der Waals surface area contributed by atoms with E-state index >= 15 is 0 Å². The van der Waals surface area contributed by atoms with E-state index in [9.17, 15) is 4.79 Å². The average Bonchev–Trinajstić information content (AvgIpc) is 2.41. The van der Waals surface area contributed by atoms with Crippen molar-refractivity contribution >= 4 is 17.5 Å². The second-order valence-corrected chi connectivity index (χ2v) is 4.82. The lowest BCUT2D eigenvalue weighted by Crippen LogP contribution is -2.34. The Morgan fingerprint density at radius 2 is 2.05 bits per heavy atom. The fraction of sp³-hybridized carbons (Fsp3) is 0.462. The van der Waals surface area contributed by atoms with Gasteiger partial charge in [0.05, 0.1) is 17.7 Å². The van der Waals surface area contributed by atoms with Crippen LogP contribution in [0, 0.1) is 0 Å². The second kappa shape index (κ2) is 6.12. The van der Waals surface area contributed by atoms with Crippen molar-refractivity contribution < 1.29 is 14.3 Å². The van der Waals surface area contributed by atoms with Gasteiger partial charge in [0, 0.05) is 6.07 Å². The zero-order valence-electron chi connectivity index (χ0n) is 10.7. The molecule has 104 valence electrons. The minimum Gasteiger partial charge on any atom is -0.496 e. The van der Waals surface area contributed by atoms with Gasteiger partial charge >= 0.3 is 0 Å². The van der Waals surface area contributed by atoms with Crippen LogP contribution in [0.15, 0.2) is 12.1 Å². The van der Waals surface area contributed by atoms with Crippen molar-refractivity contribution in [1.82, 2.24) is 5.32 Å². The summed E-state index contributed by atoms with van der Waals surface area (Å²) >= 11 is 6.12. The molecular weight excluding hydrogens is 268 g/mol. The highest BCUT2D eigenvalue weighted by atomic mass is 35.5. The van der Waals surface area contributed by atoms with Gasteiger partial charge < -0.3 is 20.5 Å². The predicted molar refractivity (Wildman–Crippen MR) is 73.0 cm³/mol. The smallest absolute Gasteiger partial charge is 0.252 e. The molecule has 1 aliphatic rings. The number of benzene rings is 1. The number of nitrogens with one attached hydrogen (secondary N) is 1. The van der Waals surface area contributed by atoms with Crippen molar-refractivity contribution in [2.24, 2.45) is 5.73 Å². The molecule has 0 spiro atoms. The lowest BCUT2D eigenvalue weighted by molar-refractivity contribution is 0.0997. The first-order valence-corrected chi connectivity index (χ1v) is 6.54. The molecule has 0 saturated carbocycles. The van der Waals surface area contributed by atoms with E-state index in [-0.39, 0.29) is 11.7 Å². The summed E-state index contributed by atoms with van der Waals surface area (Å²) in [6.07, 6.45) is 1.98. The van der Waals surface area contributed by atoms with Crippen LogP contribution in [-0.4, -0.2) is 32.2 Å². The van der Waals surface area contributed by atoms with Crippen LogP contribution in [-0.2, 0) is 0 Å². The highest BCUT2D eigenvalue weighted by Gasteiger charge is 2.19. The molecule has 1 fully saturated rings. The Bertz CT molecular complexity index is 473. The summed E-state index contributed by atoms with van der Waals surface area (Å²) in [5.74, 6) is 0.323. The van der Waals surface area contributed by atoms with Crippen molar-refractivity contribution in [1.29, 1.82) is 0 Å². The SMILES string of the molecule is COc1cc(OC2CCNCC2)c(Cl)cc1C(N)=O. The van der Waals surface area contributed by atoms with Gasteiger partial charge in [0.25, 0.3) is 5.91 Å². The second-order valence-electron chi connectivity index (χ2n) is 4.41. The van der Waals surface area contributed by atoms with Gasteiger partial charge in [0.1, 0.15) is 17.6 Å². The molecule has 5 nitrogen and oxygen atoms in total. The van der Waals surface area contributed by atoms with Crippen molar-refractivity contribution in [3.63, 3.8) is 0 Å². The Balaban J connectivity index is 2.22. The number of nitrogens with two attached hydrogens (primary N) is 1. The lowest BCUT2D eigenvalue weighted by atomic mass is 10.1. The summed E-state index contributed by atoms with van der Waals surface area (Å²) in [7, 11) is 1.48. The average molecular weight is 285 g/mol. The van der Waals surface area contributed by atoms with Gasteiger partial charge in [-0.05, 0) is 32.0 Å². The number of hydrogen-bond donors (Lipinski definition) is 2. The van der Waals surface area contributed by atoms with E-state index in [2.05, 4.69) is 5.32 Å². The monoisotopic (exact) mass is 284 g/mol. The van der Waals surface area contributed by atoms with Crippen molar-refractivity contribution in [3.8, 4) is 11.5 Å². The zero-order chi connectivity index (χ0) is 13.8. The minimum absolute atomic E-state index is 0.128. The molecule has 19 heavy (non-hydrogen) atoms. The Morgan fingerprint density at radius 1 is 1.37 bits per heavy atom. The molecule has 1 saturated heterocycles. The number of ether oxygens (including phenoxy) is 2. The standard InChI is InChI=1S/C13H17ClN2O3/c1-18-11-7-12(10(14)6-9(11)13(15)17)19-8-2-4-16-5-3-8/h6-8,16H,2-5H2,1H3,(H2,15,17). The van der Waals surface area contributed by atoms with E-state index in [4.69, 9.17) is 26.8 Å². The molecule has 0 unspecified atom stereocenters. The number of hydrogen-bond acceptors (Lipinski definition) is 4. The van der Waals surface area contributed by atoms with Crippen LogP contribution in [0.2, 0.25) is 5.02 Å². The van der Waals surface area contributed by atoms with Gasteiger partial charge in [-0.1, -0.05) is 11.6 Å². The molecule has 3 N–H and O–H groups in total.